The van der Waals surface area contributed by atoms with Gasteiger partial charge in [0, 0.05) is 20.1 Å². The fourth-order valence-electron chi connectivity index (χ4n) is 1.47. The molecule has 0 heterocycles. The van der Waals surface area contributed by atoms with Gasteiger partial charge in [0.05, 0.1) is 19.8 Å². The first kappa shape index (κ1) is 13.8. The van der Waals surface area contributed by atoms with Gasteiger partial charge < -0.3 is 19.3 Å². The average Bonchev–Trinajstić information content (AvgIpc) is 2.36. The fraction of sp³-hybridized carbons (Fsp3) is 0.538. The first-order valence-corrected chi connectivity index (χ1v) is 5.64. The highest BCUT2D eigenvalue weighted by Crippen LogP contribution is 2.29. The smallest absolute Gasteiger partial charge is 0.161 e. The van der Waals surface area contributed by atoms with Gasteiger partial charge >= 0.3 is 0 Å². The summed E-state index contributed by atoms with van der Waals surface area (Å²) in [7, 11) is 3.26. The van der Waals surface area contributed by atoms with E-state index in [1.807, 2.05) is 13.0 Å². The van der Waals surface area contributed by atoms with Crippen LogP contribution in [0.25, 0.3) is 0 Å². The van der Waals surface area contributed by atoms with Gasteiger partial charge in [-0.3, -0.25) is 0 Å². The maximum atomic E-state index is 9.08. The lowest BCUT2D eigenvalue weighted by Crippen LogP contribution is -2.14. The number of hydrogen-bond acceptors (Lipinski definition) is 4. The molecule has 4 nitrogen and oxygen atoms in total. The molecular formula is C13H20O4. The van der Waals surface area contributed by atoms with Crippen molar-refractivity contribution >= 4 is 0 Å². The molecule has 0 spiro atoms. The van der Waals surface area contributed by atoms with Crippen molar-refractivity contribution in [1.29, 1.82) is 0 Å². The molecule has 0 amide bonds. The minimum atomic E-state index is -0.00714. The van der Waals surface area contributed by atoms with E-state index < -0.39 is 0 Å². The Balaban J connectivity index is 2.72. The van der Waals surface area contributed by atoms with Crippen LogP contribution in [0, 0.1) is 0 Å². The molecule has 1 aromatic carbocycles. The SMILES string of the molecule is COCCC(C)Oc1cc(CO)ccc1OC. The molecule has 1 atom stereocenters. The molecular weight excluding hydrogens is 220 g/mol. The number of hydrogen-bond donors (Lipinski definition) is 1. The summed E-state index contributed by atoms with van der Waals surface area (Å²) < 4.78 is 16.0. The summed E-state index contributed by atoms with van der Waals surface area (Å²) in [6, 6.07) is 5.40. The van der Waals surface area contributed by atoms with Gasteiger partial charge in [0.1, 0.15) is 0 Å². The van der Waals surface area contributed by atoms with Crippen molar-refractivity contribution in [3.05, 3.63) is 23.8 Å². The number of methoxy groups -OCH3 is 2. The summed E-state index contributed by atoms with van der Waals surface area (Å²) >= 11 is 0. The van der Waals surface area contributed by atoms with Crippen molar-refractivity contribution in [3.63, 3.8) is 0 Å². The van der Waals surface area contributed by atoms with E-state index in [-0.39, 0.29) is 12.7 Å². The Morgan fingerprint density at radius 3 is 2.59 bits per heavy atom. The van der Waals surface area contributed by atoms with Crippen molar-refractivity contribution < 1.29 is 19.3 Å². The van der Waals surface area contributed by atoms with E-state index in [9.17, 15) is 0 Å². The quantitative estimate of drug-likeness (QED) is 0.791. The molecule has 1 rings (SSSR count). The second-order valence-corrected chi connectivity index (χ2v) is 3.85. The molecule has 1 unspecified atom stereocenters. The van der Waals surface area contributed by atoms with Gasteiger partial charge in [-0.1, -0.05) is 6.07 Å². The van der Waals surface area contributed by atoms with Gasteiger partial charge in [-0.05, 0) is 24.6 Å². The summed E-state index contributed by atoms with van der Waals surface area (Å²) in [4.78, 5) is 0. The molecule has 0 fully saturated rings. The first-order valence-electron chi connectivity index (χ1n) is 5.64. The Hall–Kier alpha value is -1.26. The standard InChI is InChI=1S/C13H20O4/c1-10(6-7-15-2)17-13-8-11(9-14)4-5-12(13)16-3/h4-5,8,10,14H,6-7,9H2,1-3H3. The van der Waals surface area contributed by atoms with Gasteiger partial charge in [0.25, 0.3) is 0 Å². The lowest BCUT2D eigenvalue weighted by molar-refractivity contribution is 0.132. The molecule has 0 aliphatic carbocycles. The molecule has 0 saturated heterocycles. The molecule has 0 aliphatic heterocycles. The highest BCUT2D eigenvalue weighted by Gasteiger charge is 2.09. The number of benzene rings is 1. The number of aliphatic hydroxyl groups is 1. The Bertz CT molecular complexity index is 338. The topological polar surface area (TPSA) is 47.9 Å². The van der Waals surface area contributed by atoms with Crippen molar-refractivity contribution in [2.75, 3.05) is 20.8 Å². The summed E-state index contributed by atoms with van der Waals surface area (Å²) in [5, 5.41) is 9.08. The third-order valence-corrected chi connectivity index (χ3v) is 2.47. The largest absolute Gasteiger partial charge is 0.493 e. The van der Waals surface area contributed by atoms with E-state index in [1.54, 1.807) is 26.4 Å². The van der Waals surface area contributed by atoms with Gasteiger partial charge in [-0.25, -0.2) is 0 Å². The average molecular weight is 240 g/mol. The highest BCUT2D eigenvalue weighted by molar-refractivity contribution is 5.42. The second kappa shape index (κ2) is 7.14. The summed E-state index contributed by atoms with van der Waals surface area (Å²) in [6.45, 7) is 2.63. The Morgan fingerprint density at radius 2 is 2.00 bits per heavy atom. The molecule has 0 radical (unpaired) electrons. The molecule has 1 aromatic rings. The maximum Gasteiger partial charge on any atom is 0.161 e. The third-order valence-electron chi connectivity index (χ3n) is 2.47. The van der Waals surface area contributed by atoms with Crippen molar-refractivity contribution in [1.82, 2.24) is 0 Å². The van der Waals surface area contributed by atoms with Gasteiger partial charge in [0.2, 0.25) is 0 Å². The summed E-state index contributed by atoms with van der Waals surface area (Å²) in [5.74, 6) is 1.33. The van der Waals surface area contributed by atoms with Crippen LogP contribution in [0.5, 0.6) is 11.5 Å². The summed E-state index contributed by atoms with van der Waals surface area (Å²) in [6.07, 6.45) is 0.848. The zero-order valence-electron chi connectivity index (χ0n) is 10.6. The molecule has 17 heavy (non-hydrogen) atoms. The lowest BCUT2D eigenvalue weighted by Gasteiger charge is -2.17. The van der Waals surface area contributed by atoms with E-state index in [1.165, 1.54) is 0 Å². The molecule has 96 valence electrons. The predicted octanol–water partition coefficient (Wildman–Crippen LogP) is 1.99. The first-order chi connectivity index (χ1) is 8.21. The Kier molecular flexibility index (Phi) is 5.80. The molecule has 0 aromatic heterocycles. The van der Waals surface area contributed by atoms with Crippen LogP contribution in [-0.2, 0) is 11.3 Å². The minimum Gasteiger partial charge on any atom is -0.493 e. The van der Waals surface area contributed by atoms with Crippen LogP contribution in [-0.4, -0.2) is 32.0 Å². The maximum absolute atomic E-state index is 9.08. The third kappa shape index (κ3) is 4.24. The number of aliphatic hydroxyl groups excluding tert-OH is 1. The van der Waals surface area contributed by atoms with Crippen LogP contribution in [0.15, 0.2) is 18.2 Å². The highest BCUT2D eigenvalue weighted by atomic mass is 16.5. The molecule has 1 N–H and O–H groups in total. The Morgan fingerprint density at radius 1 is 1.24 bits per heavy atom. The van der Waals surface area contributed by atoms with Crippen molar-refractivity contribution in [2.24, 2.45) is 0 Å². The predicted molar refractivity (Wildman–Crippen MR) is 65.5 cm³/mol. The lowest BCUT2D eigenvalue weighted by atomic mass is 10.2. The molecule has 0 bridgehead atoms. The van der Waals surface area contributed by atoms with Gasteiger partial charge in [0.15, 0.2) is 11.5 Å². The van der Waals surface area contributed by atoms with Crippen LogP contribution < -0.4 is 9.47 Å². The van der Waals surface area contributed by atoms with Crippen LogP contribution >= 0.6 is 0 Å². The number of ether oxygens (including phenoxy) is 3. The minimum absolute atomic E-state index is 0.00714. The van der Waals surface area contributed by atoms with Crippen molar-refractivity contribution in [2.45, 2.75) is 26.1 Å². The van der Waals surface area contributed by atoms with E-state index in [0.717, 1.165) is 12.0 Å². The Labute approximate surface area is 102 Å². The zero-order chi connectivity index (χ0) is 12.7. The monoisotopic (exact) mass is 240 g/mol. The molecule has 4 heteroatoms. The second-order valence-electron chi connectivity index (χ2n) is 3.85. The van der Waals surface area contributed by atoms with Crippen LogP contribution in [0.1, 0.15) is 18.9 Å². The normalized spacial score (nSPS) is 12.2. The van der Waals surface area contributed by atoms with E-state index in [2.05, 4.69) is 0 Å². The van der Waals surface area contributed by atoms with Crippen molar-refractivity contribution in [3.8, 4) is 11.5 Å². The van der Waals surface area contributed by atoms with E-state index >= 15 is 0 Å². The fourth-order valence-corrected chi connectivity index (χ4v) is 1.47. The zero-order valence-corrected chi connectivity index (χ0v) is 10.6. The number of rotatable bonds is 7. The van der Waals surface area contributed by atoms with Crippen LogP contribution in [0.3, 0.4) is 0 Å². The van der Waals surface area contributed by atoms with Crippen LogP contribution in [0.4, 0.5) is 0 Å². The van der Waals surface area contributed by atoms with Crippen LogP contribution in [0.2, 0.25) is 0 Å². The molecule has 0 aliphatic rings. The van der Waals surface area contributed by atoms with E-state index in [0.29, 0.717) is 18.1 Å². The summed E-state index contributed by atoms with van der Waals surface area (Å²) in [5.41, 5.74) is 0.805. The van der Waals surface area contributed by atoms with Gasteiger partial charge in [-0.2, -0.15) is 0 Å². The van der Waals surface area contributed by atoms with Gasteiger partial charge in [-0.15, -0.1) is 0 Å². The molecule has 0 saturated carbocycles. The van der Waals surface area contributed by atoms with E-state index in [4.69, 9.17) is 19.3 Å².